The van der Waals surface area contributed by atoms with Crippen molar-refractivity contribution in [1.82, 2.24) is 10.6 Å². The molecular formula is C17H30N2O3. The van der Waals surface area contributed by atoms with Gasteiger partial charge in [-0.15, -0.1) is 0 Å². The molecule has 0 spiro atoms. The standard InChI is InChI=1S/C17H30N2O3/c20-16(11-22-10-12-4-5-12)9-18-17(21)19-15-3-1-2-14(8-15)13-6-7-13/h12-16,20H,1-11H2,(H2,18,19,21)/t14-,15-,16+/m1/s1. The summed E-state index contributed by atoms with van der Waals surface area (Å²) in [6, 6.07) is 0.158. The van der Waals surface area contributed by atoms with E-state index in [0.717, 1.165) is 31.3 Å². The van der Waals surface area contributed by atoms with Crippen LogP contribution in [0.25, 0.3) is 0 Å². The molecule has 3 N–H and O–H groups in total. The Kier molecular flexibility index (Phi) is 5.58. The van der Waals surface area contributed by atoms with Gasteiger partial charge in [0.1, 0.15) is 0 Å². The zero-order chi connectivity index (χ0) is 15.4. The van der Waals surface area contributed by atoms with Crippen molar-refractivity contribution in [3.8, 4) is 0 Å². The van der Waals surface area contributed by atoms with Gasteiger partial charge in [0.25, 0.3) is 0 Å². The first kappa shape index (κ1) is 16.1. The van der Waals surface area contributed by atoms with E-state index in [1.165, 1.54) is 38.5 Å². The molecule has 0 bridgehead atoms. The Balaban J connectivity index is 1.26. The molecule has 0 aromatic carbocycles. The second-order valence-electron chi connectivity index (χ2n) is 7.45. The number of carbonyl (C=O) groups excluding carboxylic acids is 1. The van der Waals surface area contributed by atoms with Crippen molar-refractivity contribution in [3.63, 3.8) is 0 Å². The number of hydrogen-bond donors (Lipinski definition) is 3. The summed E-state index contributed by atoms with van der Waals surface area (Å²) in [7, 11) is 0. The van der Waals surface area contributed by atoms with Crippen LogP contribution in [-0.4, -0.2) is 43.0 Å². The monoisotopic (exact) mass is 310 g/mol. The number of carbonyl (C=O) groups is 1. The Morgan fingerprint density at radius 1 is 1.14 bits per heavy atom. The van der Waals surface area contributed by atoms with Crippen molar-refractivity contribution in [2.24, 2.45) is 17.8 Å². The average Bonchev–Trinajstić information content (AvgIpc) is 3.38. The van der Waals surface area contributed by atoms with Crippen molar-refractivity contribution in [3.05, 3.63) is 0 Å². The van der Waals surface area contributed by atoms with E-state index in [-0.39, 0.29) is 12.6 Å². The van der Waals surface area contributed by atoms with Gasteiger partial charge in [0.2, 0.25) is 0 Å². The van der Waals surface area contributed by atoms with Crippen molar-refractivity contribution in [2.75, 3.05) is 19.8 Å². The SMILES string of the molecule is O=C(NC[C@H](O)COCC1CC1)N[C@@H]1CCC[C@@H](C2CC2)C1. The third-order valence-electron chi connectivity index (χ3n) is 5.20. The summed E-state index contributed by atoms with van der Waals surface area (Å²) >= 11 is 0. The van der Waals surface area contributed by atoms with Crippen molar-refractivity contribution < 1.29 is 14.6 Å². The summed E-state index contributed by atoms with van der Waals surface area (Å²) in [5.74, 6) is 2.45. The van der Waals surface area contributed by atoms with E-state index < -0.39 is 6.10 Å². The fraction of sp³-hybridized carbons (Fsp3) is 0.941. The number of aliphatic hydroxyl groups excluding tert-OH is 1. The summed E-state index contributed by atoms with van der Waals surface area (Å²) < 4.78 is 5.43. The van der Waals surface area contributed by atoms with Crippen molar-refractivity contribution >= 4 is 6.03 Å². The number of ether oxygens (including phenoxy) is 1. The number of aliphatic hydroxyl groups is 1. The van der Waals surface area contributed by atoms with Gasteiger partial charge in [-0.25, -0.2) is 4.79 Å². The highest BCUT2D eigenvalue weighted by Gasteiger charge is 2.35. The first-order chi connectivity index (χ1) is 10.7. The van der Waals surface area contributed by atoms with Gasteiger partial charge >= 0.3 is 6.03 Å². The van der Waals surface area contributed by atoms with Crippen LogP contribution in [-0.2, 0) is 4.74 Å². The molecule has 3 atom stereocenters. The molecule has 3 aliphatic carbocycles. The topological polar surface area (TPSA) is 70.6 Å². The van der Waals surface area contributed by atoms with Crippen molar-refractivity contribution in [1.29, 1.82) is 0 Å². The lowest BCUT2D eigenvalue weighted by Crippen LogP contribution is -2.46. The van der Waals surface area contributed by atoms with Gasteiger partial charge in [0, 0.05) is 19.2 Å². The minimum atomic E-state index is -0.616. The molecule has 3 aliphatic rings. The molecule has 3 saturated carbocycles. The molecule has 0 aromatic heterocycles. The Morgan fingerprint density at radius 2 is 1.95 bits per heavy atom. The molecule has 22 heavy (non-hydrogen) atoms. The number of rotatable bonds is 8. The fourth-order valence-electron chi connectivity index (χ4n) is 3.52. The molecular weight excluding hydrogens is 280 g/mol. The first-order valence-corrected chi connectivity index (χ1v) is 9.01. The molecule has 0 radical (unpaired) electrons. The molecule has 0 aromatic rings. The molecule has 3 fully saturated rings. The highest BCUT2D eigenvalue weighted by atomic mass is 16.5. The third-order valence-corrected chi connectivity index (χ3v) is 5.20. The zero-order valence-electron chi connectivity index (χ0n) is 13.4. The van der Waals surface area contributed by atoms with Gasteiger partial charge in [0.15, 0.2) is 0 Å². The van der Waals surface area contributed by atoms with E-state index in [0.29, 0.717) is 18.6 Å². The van der Waals surface area contributed by atoms with E-state index in [2.05, 4.69) is 10.6 Å². The van der Waals surface area contributed by atoms with Gasteiger partial charge in [-0.2, -0.15) is 0 Å². The number of nitrogens with one attached hydrogen (secondary N) is 2. The van der Waals surface area contributed by atoms with E-state index in [9.17, 15) is 9.90 Å². The van der Waals surface area contributed by atoms with E-state index >= 15 is 0 Å². The van der Waals surface area contributed by atoms with Gasteiger partial charge in [-0.1, -0.05) is 12.8 Å². The summed E-state index contributed by atoms with van der Waals surface area (Å²) in [4.78, 5) is 11.9. The van der Waals surface area contributed by atoms with Gasteiger partial charge in [0.05, 0.1) is 12.7 Å². The Bertz CT molecular complexity index is 369. The smallest absolute Gasteiger partial charge is 0.315 e. The molecule has 126 valence electrons. The van der Waals surface area contributed by atoms with Crippen LogP contribution in [0.1, 0.15) is 51.4 Å². The van der Waals surface area contributed by atoms with Crippen LogP contribution in [0.2, 0.25) is 0 Å². The van der Waals surface area contributed by atoms with E-state index in [4.69, 9.17) is 4.74 Å². The van der Waals surface area contributed by atoms with Crippen LogP contribution in [0, 0.1) is 17.8 Å². The molecule has 5 heteroatoms. The Morgan fingerprint density at radius 3 is 2.68 bits per heavy atom. The van der Waals surface area contributed by atoms with Crippen LogP contribution in [0.15, 0.2) is 0 Å². The van der Waals surface area contributed by atoms with E-state index in [1.807, 2.05) is 0 Å². The molecule has 0 heterocycles. The molecule has 3 rings (SSSR count). The zero-order valence-corrected chi connectivity index (χ0v) is 13.4. The first-order valence-electron chi connectivity index (χ1n) is 9.01. The highest BCUT2D eigenvalue weighted by Crippen LogP contribution is 2.43. The van der Waals surface area contributed by atoms with Crippen molar-refractivity contribution in [2.45, 2.75) is 63.5 Å². The molecule has 0 aliphatic heterocycles. The lowest BCUT2D eigenvalue weighted by molar-refractivity contribution is 0.0336. The predicted octanol–water partition coefficient (Wildman–Crippen LogP) is 2.04. The molecule has 2 amide bonds. The minimum Gasteiger partial charge on any atom is -0.389 e. The molecule has 5 nitrogen and oxygen atoms in total. The molecule has 0 saturated heterocycles. The normalized spacial score (nSPS) is 29.9. The fourth-order valence-corrected chi connectivity index (χ4v) is 3.52. The van der Waals surface area contributed by atoms with Crippen LogP contribution in [0.3, 0.4) is 0 Å². The number of hydrogen-bond acceptors (Lipinski definition) is 3. The predicted molar refractivity (Wildman–Crippen MR) is 84.6 cm³/mol. The van der Waals surface area contributed by atoms with Gasteiger partial charge < -0.3 is 20.5 Å². The van der Waals surface area contributed by atoms with Crippen LogP contribution in [0.4, 0.5) is 4.79 Å². The quantitative estimate of drug-likeness (QED) is 0.642. The Labute approximate surface area is 133 Å². The largest absolute Gasteiger partial charge is 0.389 e. The maximum Gasteiger partial charge on any atom is 0.315 e. The average molecular weight is 310 g/mol. The summed E-state index contributed by atoms with van der Waals surface area (Å²) in [6.07, 6.45) is 9.43. The third kappa shape index (κ3) is 5.43. The Hall–Kier alpha value is -0.810. The second-order valence-corrected chi connectivity index (χ2v) is 7.45. The lowest BCUT2D eigenvalue weighted by atomic mass is 9.83. The van der Waals surface area contributed by atoms with E-state index in [1.54, 1.807) is 0 Å². The number of urea groups is 1. The highest BCUT2D eigenvalue weighted by molar-refractivity contribution is 5.74. The molecule has 0 unspecified atom stereocenters. The van der Waals surface area contributed by atoms with Crippen LogP contribution >= 0.6 is 0 Å². The second kappa shape index (κ2) is 7.64. The lowest BCUT2D eigenvalue weighted by Gasteiger charge is -2.30. The minimum absolute atomic E-state index is 0.150. The summed E-state index contributed by atoms with van der Waals surface area (Å²) in [5.41, 5.74) is 0. The van der Waals surface area contributed by atoms with Gasteiger partial charge in [-0.3, -0.25) is 0 Å². The summed E-state index contributed by atoms with van der Waals surface area (Å²) in [5, 5.41) is 15.6. The van der Waals surface area contributed by atoms with Gasteiger partial charge in [-0.05, 0) is 56.3 Å². The van der Waals surface area contributed by atoms with Crippen LogP contribution in [0.5, 0.6) is 0 Å². The maximum absolute atomic E-state index is 11.9. The van der Waals surface area contributed by atoms with Crippen LogP contribution < -0.4 is 10.6 Å². The summed E-state index contributed by atoms with van der Waals surface area (Å²) in [6.45, 7) is 1.31. The number of amides is 2. The maximum atomic E-state index is 11.9.